The van der Waals surface area contributed by atoms with Gasteiger partial charge in [0.15, 0.2) is 0 Å². The van der Waals surface area contributed by atoms with Crippen molar-refractivity contribution in [1.29, 1.82) is 0 Å². The monoisotopic (exact) mass is 262 g/mol. The van der Waals surface area contributed by atoms with Gasteiger partial charge in [-0.2, -0.15) is 0 Å². The highest BCUT2D eigenvalue weighted by molar-refractivity contribution is 5.97. The molecular weight excluding hydrogens is 240 g/mol. The van der Waals surface area contributed by atoms with Crippen LogP contribution in [0.2, 0.25) is 0 Å². The molecule has 0 radical (unpaired) electrons. The highest BCUT2D eigenvalue weighted by atomic mass is 16.5. The van der Waals surface area contributed by atoms with Crippen molar-refractivity contribution in [1.82, 2.24) is 0 Å². The van der Waals surface area contributed by atoms with E-state index in [2.05, 4.69) is 17.1 Å². The molecule has 0 unspecified atom stereocenters. The van der Waals surface area contributed by atoms with Crippen LogP contribution in [0, 0.1) is 0 Å². The van der Waals surface area contributed by atoms with E-state index < -0.39 is 0 Å². The number of anilines is 2. The van der Waals surface area contributed by atoms with Gasteiger partial charge in [-0.05, 0) is 44.4 Å². The minimum Gasteiger partial charge on any atom is -0.465 e. The summed E-state index contributed by atoms with van der Waals surface area (Å²) in [6.45, 7) is 3.22. The zero-order valence-corrected chi connectivity index (χ0v) is 11.9. The number of carbonyl (C=O) groups excluding carboxylic acids is 1. The van der Waals surface area contributed by atoms with Crippen LogP contribution in [-0.4, -0.2) is 32.7 Å². The van der Waals surface area contributed by atoms with E-state index in [9.17, 15) is 4.79 Å². The molecule has 104 valence electrons. The number of carbonyl (C=O) groups is 1. The number of nitrogens with zero attached hydrogens (tertiary/aromatic N) is 1. The van der Waals surface area contributed by atoms with Gasteiger partial charge in [0.25, 0.3) is 0 Å². The summed E-state index contributed by atoms with van der Waals surface area (Å²) in [5.41, 5.74) is 2.55. The molecule has 1 atom stereocenters. The van der Waals surface area contributed by atoms with Crippen LogP contribution >= 0.6 is 0 Å². The van der Waals surface area contributed by atoms with E-state index in [-0.39, 0.29) is 5.97 Å². The number of esters is 1. The summed E-state index contributed by atoms with van der Waals surface area (Å²) in [6.07, 6.45) is 3.62. The molecule has 0 aliphatic carbocycles. The second kappa shape index (κ2) is 5.95. The van der Waals surface area contributed by atoms with Crippen molar-refractivity contribution in [3.63, 3.8) is 0 Å². The maximum absolute atomic E-state index is 12.0. The minimum absolute atomic E-state index is 0.273. The number of nitrogens with one attached hydrogen (secondary N) is 1. The van der Waals surface area contributed by atoms with Crippen LogP contribution in [0.15, 0.2) is 18.2 Å². The number of hydrogen-bond donors (Lipinski definition) is 1. The molecule has 1 aromatic carbocycles. The molecule has 0 aromatic heterocycles. The fourth-order valence-corrected chi connectivity index (χ4v) is 2.67. The molecule has 2 rings (SSSR count). The third kappa shape index (κ3) is 2.83. The summed E-state index contributed by atoms with van der Waals surface area (Å²) in [4.78, 5) is 14.3. The summed E-state index contributed by atoms with van der Waals surface area (Å²) >= 11 is 0. The fraction of sp³-hybridized carbons (Fsp3) is 0.533. The van der Waals surface area contributed by atoms with Gasteiger partial charge >= 0.3 is 5.97 Å². The first-order chi connectivity index (χ1) is 9.17. The smallest absolute Gasteiger partial charge is 0.340 e. The Hall–Kier alpha value is -1.71. The molecule has 4 nitrogen and oxygen atoms in total. The van der Waals surface area contributed by atoms with Gasteiger partial charge in [-0.1, -0.05) is 0 Å². The Morgan fingerprint density at radius 2 is 2.21 bits per heavy atom. The first kappa shape index (κ1) is 13.7. The highest BCUT2D eigenvalue weighted by Crippen LogP contribution is 2.30. The number of benzene rings is 1. The van der Waals surface area contributed by atoms with Gasteiger partial charge in [0.05, 0.1) is 18.4 Å². The lowest BCUT2D eigenvalue weighted by molar-refractivity contribution is 0.0601. The Morgan fingerprint density at radius 3 is 2.84 bits per heavy atom. The summed E-state index contributed by atoms with van der Waals surface area (Å²) in [5, 5.41) is 3.06. The lowest BCUT2D eigenvalue weighted by atomic mass is 10.0. The van der Waals surface area contributed by atoms with Crippen LogP contribution in [0.1, 0.15) is 36.5 Å². The zero-order chi connectivity index (χ0) is 13.8. The van der Waals surface area contributed by atoms with E-state index in [1.807, 2.05) is 25.2 Å². The number of methoxy groups -OCH3 is 1. The Labute approximate surface area is 114 Å². The number of piperidine rings is 1. The van der Waals surface area contributed by atoms with Crippen molar-refractivity contribution in [3.05, 3.63) is 23.8 Å². The number of ether oxygens (including phenoxy) is 1. The number of hydrogen-bond acceptors (Lipinski definition) is 4. The predicted octanol–water partition coefficient (Wildman–Crippen LogP) is 2.89. The second-order valence-corrected chi connectivity index (χ2v) is 5.01. The van der Waals surface area contributed by atoms with Gasteiger partial charge in [-0.25, -0.2) is 4.79 Å². The quantitative estimate of drug-likeness (QED) is 0.850. The molecule has 1 N–H and O–H groups in total. The largest absolute Gasteiger partial charge is 0.465 e. The molecule has 0 bridgehead atoms. The average molecular weight is 262 g/mol. The molecular formula is C15H22N2O2. The van der Waals surface area contributed by atoms with E-state index in [4.69, 9.17) is 4.74 Å². The molecule has 1 aliphatic heterocycles. The Morgan fingerprint density at radius 1 is 1.42 bits per heavy atom. The maximum atomic E-state index is 12.0. The molecule has 0 amide bonds. The standard InChI is InChI=1S/C15H22N2O2/c1-11-6-4-5-9-17(11)14-8-7-12(16-2)10-13(14)15(18)19-3/h7-8,10-11,16H,4-6,9H2,1-3H3/t11-/m0/s1. The van der Waals surface area contributed by atoms with E-state index in [1.54, 1.807) is 0 Å². The molecule has 1 saturated heterocycles. The van der Waals surface area contributed by atoms with Gasteiger partial charge < -0.3 is 15.0 Å². The van der Waals surface area contributed by atoms with Crippen molar-refractivity contribution < 1.29 is 9.53 Å². The second-order valence-electron chi connectivity index (χ2n) is 5.01. The van der Waals surface area contributed by atoms with Crippen LogP contribution in [0.3, 0.4) is 0 Å². The third-order valence-corrected chi connectivity index (χ3v) is 3.80. The van der Waals surface area contributed by atoms with Gasteiger partial charge in [0.1, 0.15) is 0 Å². The minimum atomic E-state index is -0.273. The van der Waals surface area contributed by atoms with Gasteiger partial charge in [-0.15, -0.1) is 0 Å². The molecule has 4 heteroatoms. The van der Waals surface area contributed by atoms with Crippen molar-refractivity contribution in [3.8, 4) is 0 Å². The van der Waals surface area contributed by atoms with Crippen molar-refractivity contribution in [2.75, 3.05) is 30.9 Å². The Balaban J connectivity index is 2.40. The van der Waals surface area contributed by atoms with Crippen molar-refractivity contribution in [2.24, 2.45) is 0 Å². The van der Waals surface area contributed by atoms with Gasteiger partial charge in [-0.3, -0.25) is 0 Å². The van der Waals surface area contributed by atoms with Crippen LogP contribution in [0.5, 0.6) is 0 Å². The van der Waals surface area contributed by atoms with E-state index >= 15 is 0 Å². The Bertz CT molecular complexity index is 459. The molecule has 19 heavy (non-hydrogen) atoms. The fourth-order valence-electron chi connectivity index (χ4n) is 2.67. The zero-order valence-electron chi connectivity index (χ0n) is 11.9. The average Bonchev–Trinajstić information content (AvgIpc) is 2.46. The molecule has 0 spiro atoms. The molecule has 0 saturated carbocycles. The first-order valence-electron chi connectivity index (χ1n) is 6.84. The lowest BCUT2D eigenvalue weighted by Crippen LogP contribution is -2.38. The first-order valence-corrected chi connectivity index (χ1v) is 6.84. The number of rotatable bonds is 3. The van der Waals surface area contributed by atoms with E-state index in [1.165, 1.54) is 26.4 Å². The molecule has 1 heterocycles. The van der Waals surface area contributed by atoms with E-state index in [0.717, 1.165) is 17.9 Å². The van der Waals surface area contributed by atoms with Crippen LogP contribution in [0.25, 0.3) is 0 Å². The van der Waals surface area contributed by atoms with Gasteiger partial charge in [0, 0.05) is 25.3 Å². The SMILES string of the molecule is CNc1ccc(N2CCCC[C@@H]2C)c(C(=O)OC)c1. The lowest BCUT2D eigenvalue weighted by Gasteiger charge is -2.36. The van der Waals surface area contributed by atoms with Crippen LogP contribution < -0.4 is 10.2 Å². The molecule has 1 fully saturated rings. The summed E-state index contributed by atoms with van der Waals surface area (Å²) in [7, 11) is 3.28. The third-order valence-electron chi connectivity index (χ3n) is 3.80. The summed E-state index contributed by atoms with van der Waals surface area (Å²) < 4.78 is 4.91. The summed E-state index contributed by atoms with van der Waals surface area (Å²) in [6, 6.07) is 6.35. The highest BCUT2D eigenvalue weighted by Gasteiger charge is 2.23. The topological polar surface area (TPSA) is 41.6 Å². The molecule has 1 aromatic rings. The maximum Gasteiger partial charge on any atom is 0.340 e. The van der Waals surface area contributed by atoms with E-state index in [0.29, 0.717) is 11.6 Å². The Kier molecular flexibility index (Phi) is 4.30. The van der Waals surface area contributed by atoms with Crippen molar-refractivity contribution in [2.45, 2.75) is 32.2 Å². The normalized spacial score (nSPS) is 19.1. The predicted molar refractivity (Wildman–Crippen MR) is 78.0 cm³/mol. The van der Waals surface area contributed by atoms with Crippen LogP contribution in [-0.2, 0) is 4.74 Å². The summed E-state index contributed by atoms with van der Waals surface area (Å²) in [5.74, 6) is -0.273. The molecule has 1 aliphatic rings. The van der Waals surface area contributed by atoms with Crippen molar-refractivity contribution >= 4 is 17.3 Å². The van der Waals surface area contributed by atoms with Gasteiger partial charge in [0.2, 0.25) is 0 Å². The van der Waals surface area contributed by atoms with Crippen LogP contribution in [0.4, 0.5) is 11.4 Å².